The summed E-state index contributed by atoms with van der Waals surface area (Å²) in [4.78, 5) is 12.8. The minimum Gasteiger partial charge on any atom is -0.267 e. The summed E-state index contributed by atoms with van der Waals surface area (Å²) in [5.41, 5.74) is 5.00. The second-order valence-electron chi connectivity index (χ2n) is 8.39. The van der Waals surface area contributed by atoms with E-state index in [0.717, 1.165) is 11.1 Å². The van der Waals surface area contributed by atoms with E-state index in [1.165, 1.54) is 10.4 Å². The molecule has 0 fully saturated rings. The van der Waals surface area contributed by atoms with Crippen molar-refractivity contribution >= 4 is 21.6 Å². The van der Waals surface area contributed by atoms with Gasteiger partial charge < -0.3 is 0 Å². The van der Waals surface area contributed by atoms with Crippen molar-refractivity contribution in [3.05, 3.63) is 137 Å². The molecule has 0 radical (unpaired) electrons. The molecule has 1 amide bonds. The van der Waals surface area contributed by atoms with Crippen molar-refractivity contribution in [2.45, 2.75) is 24.9 Å². The summed E-state index contributed by atoms with van der Waals surface area (Å²) in [5.74, 6) is -0.881. The van der Waals surface area contributed by atoms with Gasteiger partial charge in [0.2, 0.25) is 10.0 Å². The second kappa shape index (κ2) is 11.7. The maximum Gasteiger partial charge on any atom is 0.271 e. The van der Waals surface area contributed by atoms with E-state index in [0.29, 0.717) is 16.8 Å². The molecule has 0 aliphatic heterocycles. The average molecular weight is 516 g/mol. The van der Waals surface area contributed by atoms with E-state index in [1.54, 1.807) is 79.7 Å². The number of nitrogens with one attached hydrogen (secondary N) is 1. The van der Waals surface area contributed by atoms with E-state index in [2.05, 4.69) is 10.5 Å². The van der Waals surface area contributed by atoms with Gasteiger partial charge in [0, 0.05) is 24.2 Å². The lowest BCUT2D eigenvalue weighted by Crippen LogP contribution is -2.30. The van der Waals surface area contributed by atoms with Crippen LogP contribution in [-0.2, 0) is 23.1 Å². The molecular weight excluding hydrogens is 489 g/mol. The average Bonchev–Trinajstić information content (AvgIpc) is 2.93. The van der Waals surface area contributed by atoms with Gasteiger partial charge in [-0.25, -0.2) is 18.2 Å². The van der Waals surface area contributed by atoms with Gasteiger partial charge in [-0.1, -0.05) is 78.9 Å². The summed E-state index contributed by atoms with van der Waals surface area (Å²) >= 11 is 0. The third-order valence-corrected chi connectivity index (χ3v) is 7.55. The Hall–Kier alpha value is -4.14. The first-order valence-electron chi connectivity index (χ1n) is 11.6. The minimum absolute atomic E-state index is 0.124. The molecule has 0 aliphatic carbocycles. The number of rotatable bonds is 9. The fourth-order valence-electron chi connectivity index (χ4n) is 3.73. The standard InChI is InChI=1S/C29H26FN3O3S/c1-22(27-14-8-9-15-28(27)30)31-32-29(34)25-18-16-24(17-19-25)21-33(20-23-10-4-2-5-11-23)37(35,36)26-12-6-3-7-13-26/h2-19H,20-21H2,1H3,(H,32,34)/b31-22+. The van der Waals surface area contributed by atoms with E-state index in [-0.39, 0.29) is 18.0 Å². The zero-order chi connectivity index (χ0) is 26.3. The fraction of sp³-hybridized carbons (Fsp3) is 0.103. The monoisotopic (exact) mass is 515 g/mol. The molecule has 0 bridgehead atoms. The van der Waals surface area contributed by atoms with E-state index in [1.807, 2.05) is 30.3 Å². The molecular formula is C29H26FN3O3S. The zero-order valence-electron chi connectivity index (χ0n) is 20.2. The van der Waals surface area contributed by atoms with Gasteiger partial charge in [0.1, 0.15) is 5.82 Å². The topological polar surface area (TPSA) is 78.8 Å². The summed E-state index contributed by atoms with van der Waals surface area (Å²) in [6.45, 7) is 1.93. The molecule has 0 unspecified atom stereocenters. The summed E-state index contributed by atoms with van der Waals surface area (Å²) in [5, 5.41) is 4.00. The van der Waals surface area contributed by atoms with Crippen molar-refractivity contribution in [2.24, 2.45) is 5.10 Å². The van der Waals surface area contributed by atoms with Crippen molar-refractivity contribution in [3.8, 4) is 0 Å². The number of sulfonamides is 1. The van der Waals surface area contributed by atoms with Crippen LogP contribution in [0.4, 0.5) is 4.39 Å². The molecule has 8 heteroatoms. The van der Waals surface area contributed by atoms with Crippen molar-refractivity contribution in [2.75, 3.05) is 0 Å². The molecule has 4 rings (SSSR count). The first kappa shape index (κ1) is 25.9. The molecule has 0 heterocycles. The molecule has 0 atom stereocenters. The molecule has 0 aliphatic rings. The highest BCUT2D eigenvalue weighted by atomic mass is 32.2. The van der Waals surface area contributed by atoms with Gasteiger partial charge >= 0.3 is 0 Å². The number of hydrazone groups is 1. The quantitative estimate of drug-likeness (QED) is 0.240. The lowest BCUT2D eigenvalue weighted by molar-refractivity contribution is 0.0954. The Bertz CT molecular complexity index is 1490. The van der Waals surface area contributed by atoms with Crippen LogP contribution >= 0.6 is 0 Å². The summed E-state index contributed by atoms with van der Waals surface area (Å²) in [6.07, 6.45) is 0. The number of benzene rings is 4. The summed E-state index contributed by atoms with van der Waals surface area (Å²) < 4.78 is 42.2. The van der Waals surface area contributed by atoms with E-state index in [4.69, 9.17) is 0 Å². The van der Waals surface area contributed by atoms with E-state index < -0.39 is 21.7 Å². The minimum atomic E-state index is -3.77. The molecule has 0 saturated heterocycles. The maximum absolute atomic E-state index is 13.9. The Morgan fingerprint density at radius 3 is 1.95 bits per heavy atom. The van der Waals surface area contributed by atoms with Crippen molar-refractivity contribution < 1.29 is 17.6 Å². The van der Waals surface area contributed by atoms with Crippen LogP contribution in [0.25, 0.3) is 0 Å². The normalized spacial score (nSPS) is 11.9. The summed E-state index contributed by atoms with van der Waals surface area (Å²) in [6, 6.07) is 30.5. The third-order valence-electron chi connectivity index (χ3n) is 5.75. The number of amides is 1. The van der Waals surface area contributed by atoms with Gasteiger partial charge in [-0.3, -0.25) is 4.79 Å². The Morgan fingerprint density at radius 2 is 1.32 bits per heavy atom. The molecule has 4 aromatic rings. The van der Waals surface area contributed by atoms with Gasteiger partial charge in [-0.15, -0.1) is 0 Å². The van der Waals surface area contributed by atoms with Crippen LogP contribution in [0, 0.1) is 5.82 Å². The number of carbonyl (C=O) groups excluding carboxylic acids is 1. The van der Waals surface area contributed by atoms with Crippen LogP contribution in [0.1, 0.15) is 34.0 Å². The highest BCUT2D eigenvalue weighted by Crippen LogP contribution is 2.21. The van der Waals surface area contributed by atoms with Gasteiger partial charge in [0.15, 0.2) is 0 Å². The third kappa shape index (κ3) is 6.55. The fourth-order valence-corrected chi connectivity index (χ4v) is 5.17. The van der Waals surface area contributed by atoms with Gasteiger partial charge in [-0.05, 0) is 48.4 Å². The Morgan fingerprint density at radius 1 is 0.784 bits per heavy atom. The molecule has 6 nitrogen and oxygen atoms in total. The Balaban J connectivity index is 1.50. The zero-order valence-corrected chi connectivity index (χ0v) is 21.0. The predicted octanol–water partition coefficient (Wildman–Crippen LogP) is 5.37. The maximum atomic E-state index is 13.9. The summed E-state index contributed by atoms with van der Waals surface area (Å²) in [7, 11) is -3.77. The van der Waals surface area contributed by atoms with Gasteiger partial charge in [-0.2, -0.15) is 9.41 Å². The number of hydrogen-bond acceptors (Lipinski definition) is 4. The van der Waals surface area contributed by atoms with Crippen LogP contribution < -0.4 is 5.43 Å². The lowest BCUT2D eigenvalue weighted by Gasteiger charge is -2.22. The molecule has 0 saturated carbocycles. The smallest absolute Gasteiger partial charge is 0.267 e. The van der Waals surface area contributed by atoms with Crippen LogP contribution in [0.2, 0.25) is 0 Å². The lowest BCUT2D eigenvalue weighted by atomic mass is 10.1. The highest BCUT2D eigenvalue weighted by molar-refractivity contribution is 7.89. The molecule has 37 heavy (non-hydrogen) atoms. The van der Waals surface area contributed by atoms with Crippen LogP contribution in [0.3, 0.4) is 0 Å². The molecule has 4 aromatic carbocycles. The molecule has 0 spiro atoms. The second-order valence-corrected chi connectivity index (χ2v) is 10.3. The predicted molar refractivity (Wildman–Crippen MR) is 142 cm³/mol. The largest absolute Gasteiger partial charge is 0.271 e. The SMILES string of the molecule is C/C(=N\NC(=O)c1ccc(CN(Cc2ccccc2)S(=O)(=O)c2ccccc2)cc1)c1ccccc1F. The first-order chi connectivity index (χ1) is 17.8. The van der Waals surface area contributed by atoms with Crippen molar-refractivity contribution in [1.29, 1.82) is 0 Å². The number of halogens is 1. The molecule has 1 N–H and O–H groups in total. The van der Waals surface area contributed by atoms with Crippen molar-refractivity contribution in [3.63, 3.8) is 0 Å². The van der Waals surface area contributed by atoms with Gasteiger partial charge in [0.05, 0.1) is 10.6 Å². The van der Waals surface area contributed by atoms with Crippen LogP contribution in [0.5, 0.6) is 0 Å². The number of hydrogen-bond donors (Lipinski definition) is 1. The Kier molecular flexibility index (Phi) is 8.22. The van der Waals surface area contributed by atoms with E-state index >= 15 is 0 Å². The Labute approximate surface area is 216 Å². The highest BCUT2D eigenvalue weighted by Gasteiger charge is 2.25. The number of nitrogens with zero attached hydrogens (tertiary/aromatic N) is 2. The van der Waals surface area contributed by atoms with Crippen molar-refractivity contribution in [1.82, 2.24) is 9.73 Å². The van der Waals surface area contributed by atoms with E-state index in [9.17, 15) is 17.6 Å². The van der Waals surface area contributed by atoms with Crippen LogP contribution in [-0.4, -0.2) is 24.3 Å². The van der Waals surface area contributed by atoms with Gasteiger partial charge in [0.25, 0.3) is 5.91 Å². The molecule has 188 valence electrons. The molecule has 0 aromatic heterocycles. The van der Waals surface area contributed by atoms with Crippen LogP contribution in [0.15, 0.2) is 119 Å². The number of carbonyl (C=O) groups is 1. The first-order valence-corrected chi connectivity index (χ1v) is 13.1.